The third-order valence-corrected chi connectivity index (χ3v) is 6.30. The minimum atomic E-state index is -1.47. The number of fused-ring (bicyclic) bond motifs is 1. The van der Waals surface area contributed by atoms with Crippen LogP contribution in [0, 0.1) is 5.21 Å². The first-order chi connectivity index (χ1) is 18.4. The molecule has 0 saturated carbocycles. The lowest BCUT2D eigenvalue weighted by Gasteiger charge is -2.17. The second-order valence-electron chi connectivity index (χ2n) is 8.79. The van der Waals surface area contributed by atoms with Gasteiger partial charge in [0.05, 0.1) is 10.4 Å². The lowest BCUT2D eigenvalue weighted by Crippen LogP contribution is -2.34. The van der Waals surface area contributed by atoms with Gasteiger partial charge in [0.1, 0.15) is 19.1 Å². The molecule has 2 heterocycles. The highest BCUT2D eigenvalue weighted by Gasteiger charge is 2.51. The number of ether oxygens (including phenoxy) is 2. The molecule has 9 nitrogen and oxygen atoms in total. The second kappa shape index (κ2) is 10.6. The Morgan fingerprint density at radius 2 is 1.45 bits per heavy atom. The Bertz CT molecular complexity index is 1530. The van der Waals surface area contributed by atoms with Gasteiger partial charge in [-0.25, -0.2) is 4.79 Å². The summed E-state index contributed by atoms with van der Waals surface area (Å²) in [4.78, 5) is 44.2. The minimum absolute atomic E-state index is 0.0202. The fourth-order valence-corrected chi connectivity index (χ4v) is 4.49. The van der Waals surface area contributed by atoms with Crippen molar-refractivity contribution >= 4 is 34.5 Å². The molecule has 1 aromatic heterocycles. The van der Waals surface area contributed by atoms with E-state index < -0.39 is 29.7 Å². The minimum Gasteiger partial charge on any atom is -0.460 e. The molecule has 1 aliphatic rings. The maximum absolute atomic E-state index is 13.2. The summed E-state index contributed by atoms with van der Waals surface area (Å²) >= 11 is 0. The number of esters is 2. The van der Waals surface area contributed by atoms with Crippen LogP contribution in [0.25, 0.3) is 10.9 Å². The van der Waals surface area contributed by atoms with E-state index in [1.54, 1.807) is 60.7 Å². The van der Waals surface area contributed by atoms with Gasteiger partial charge in [0.2, 0.25) is 5.91 Å². The summed E-state index contributed by atoms with van der Waals surface area (Å²) in [5.74, 6) is -3.22. The number of hydrogen-bond acceptors (Lipinski definition) is 7. The molecule has 0 fully saturated rings. The highest BCUT2D eigenvalue weighted by atomic mass is 16.9. The van der Waals surface area contributed by atoms with Gasteiger partial charge in [-0.3, -0.25) is 19.4 Å². The quantitative estimate of drug-likeness (QED) is 0.270. The van der Waals surface area contributed by atoms with Crippen LogP contribution in [0.5, 0.6) is 0 Å². The van der Waals surface area contributed by atoms with E-state index in [9.17, 15) is 19.6 Å². The third kappa shape index (κ3) is 4.86. The number of hydrogen-bond donors (Lipinski definition) is 0. The van der Waals surface area contributed by atoms with Gasteiger partial charge in [-0.15, -0.1) is 0 Å². The molecule has 0 aliphatic carbocycles. The molecule has 0 N–H and O–H groups in total. The third-order valence-electron chi connectivity index (χ3n) is 6.30. The predicted molar refractivity (Wildman–Crippen MR) is 137 cm³/mol. The lowest BCUT2D eigenvalue weighted by molar-refractivity contribution is -0.736. The zero-order chi connectivity index (χ0) is 26.6. The maximum atomic E-state index is 13.2. The predicted octanol–water partition coefficient (Wildman–Crippen LogP) is 4.14. The van der Waals surface area contributed by atoms with Crippen LogP contribution in [0.4, 0.5) is 0 Å². The second-order valence-corrected chi connectivity index (χ2v) is 8.79. The molecular weight excluding hydrogens is 488 g/mol. The Kier molecular flexibility index (Phi) is 6.90. The van der Waals surface area contributed by atoms with Crippen molar-refractivity contribution in [3.8, 4) is 0 Å². The molecule has 0 bridgehead atoms. The Balaban J connectivity index is 1.51. The summed E-state index contributed by atoms with van der Waals surface area (Å²) in [6.45, 7) is 1.27. The molecule has 0 amide bonds. The average Bonchev–Trinajstić information content (AvgIpc) is 3.49. The van der Waals surface area contributed by atoms with Crippen LogP contribution in [-0.4, -0.2) is 39.1 Å². The van der Waals surface area contributed by atoms with Gasteiger partial charge < -0.3 is 14.3 Å². The topological polar surface area (TPSA) is 110 Å². The maximum Gasteiger partial charge on any atom is 0.406 e. The zero-order valence-electron chi connectivity index (χ0n) is 20.5. The SMILES string of the molecule is CC(=O)n1cc([C@@H]2C(C(=O)OCc3ccccc3)=[N+]([O-])O[C@H]2C(=O)OCc2ccccc2)c2ccccc21. The summed E-state index contributed by atoms with van der Waals surface area (Å²) in [7, 11) is 0. The highest BCUT2D eigenvalue weighted by Crippen LogP contribution is 2.36. The molecule has 1 aliphatic heterocycles. The summed E-state index contributed by atoms with van der Waals surface area (Å²) in [6.07, 6.45) is 0.0454. The molecule has 0 radical (unpaired) electrons. The normalized spacial score (nSPS) is 16.8. The molecule has 0 unspecified atom stereocenters. The van der Waals surface area contributed by atoms with E-state index in [0.717, 1.165) is 11.1 Å². The summed E-state index contributed by atoms with van der Waals surface area (Å²) < 4.78 is 12.3. The molecule has 38 heavy (non-hydrogen) atoms. The van der Waals surface area contributed by atoms with Crippen molar-refractivity contribution in [2.45, 2.75) is 32.2 Å². The smallest absolute Gasteiger partial charge is 0.406 e. The van der Waals surface area contributed by atoms with Crippen molar-refractivity contribution in [1.29, 1.82) is 0 Å². The first-order valence-electron chi connectivity index (χ1n) is 12.0. The Morgan fingerprint density at radius 1 is 0.868 bits per heavy atom. The van der Waals surface area contributed by atoms with Gasteiger partial charge in [-0.2, -0.15) is 0 Å². The van der Waals surface area contributed by atoms with E-state index >= 15 is 0 Å². The molecule has 5 rings (SSSR count). The lowest BCUT2D eigenvalue weighted by atomic mass is 9.89. The molecule has 0 spiro atoms. The standard InChI is InChI=1S/C29H24N2O7/c1-19(32)30-16-23(22-14-8-9-15-24(22)30)25-26(28(33)36-17-20-10-4-2-5-11-20)31(35)38-27(25)29(34)37-18-21-12-6-3-7-13-21/h2-16,25,27H,17-18H2,1H3/t25-,27-/m1/s1. The Hall–Kier alpha value is -4.92. The van der Waals surface area contributed by atoms with Crippen molar-refractivity contribution in [2.75, 3.05) is 0 Å². The van der Waals surface area contributed by atoms with Gasteiger partial charge in [0.25, 0.3) is 0 Å². The van der Waals surface area contributed by atoms with E-state index in [1.165, 1.54) is 17.7 Å². The average molecular weight is 513 g/mol. The monoisotopic (exact) mass is 512 g/mol. The molecule has 9 heteroatoms. The summed E-state index contributed by atoms with van der Waals surface area (Å²) in [5.41, 5.74) is 2.01. The van der Waals surface area contributed by atoms with Crippen molar-refractivity contribution in [2.24, 2.45) is 0 Å². The van der Waals surface area contributed by atoms with Crippen molar-refractivity contribution in [3.05, 3.63) is 113 Å². The van der Waals surface area contributed by atoms with Gasteiger partial charge in [-0.05, 0) is 22.8 Å². The number of rotatable bonds is 7. The van der Waals surface area contributed by atoms with Crippen LogP contribution in [-0.2, 0) is 37.1 Å². The van der Waals surface area contributed by atoms with Crippen molar-refractivity contribution in [3.63, 3.8) is 0 Å². The van der Waals surface area contributed by atoms with E-state index in [2.05, 4.69) is 0 Å². The van der Waals surface area contributed by atoms with E-state index in [4.69, 9.17) is 14.3 Å². The fraction of sp³-hybridized carbons (Fsp3) is 0.172. The van der Waals surface area contributed by atoms with Gasteiger partial charge in [0, 0.05) is 18.5 Å². The van der Waals surface area contributed by atoms with E-state index in [0.29, 0.717) is 16.5 Å². The van der Waals surface area contributed by atoms with Gasteiger partial charge >= 0.3 is 17.7 Å². The Morgan fingerprint density at radius 3 is 2.08 bits per heavy atom. The molecule has 192 valence electrons. The first-order valence-corrected chi connectivity index (χ1v) is 12.0. The van der Waals surface area contributed by atoms with E-state index in [1.807, 2.05) is 24.3 Å². The summed E-state index contributed by atoms with van der Waals surface area (Å²) in [6, 6.07) is 25.0. The fourth-order valence-electron chi connectivity index (χ4n) is 4.49. The number of carbonyl (C=O) groups excluding carboxylic acids is 3. The molecule has 0 saturated heterocycles. The van der Waals surface area contributed by atoms with Crippen LogP contribution < -0.4 is 0 Å². The molecule has 4 aromatic rings. The van der Waals surface area contributed by atoms with Gasteiger partial charge in [-0.1, -0.05) is 78.9 Å². The molecule has 3 aromatic carbocycles. The number of para-hydroxylation sites is 1. The van der Waals surface area contributed by atoms with Crippen molar-refractivity contribution in [1.82, 2.24) is 4.57 Å². The van der Waals surface area contributed by atoms with Crippen LogP contribution in [0.15, 0.2) is 91.1 Å². The van der Waals surface area contributed by atoms with Gasteiger partial charge in [0.15, 0.2) is 6.10 Å². The van der Waals surface area contributed by atoms with Crippen LogP contribution in [0.3, 0.4) is 0 Å². The van der Waals surface area contributed by atoms with Crippen LogP contribution >= 0.6 is 0 Å². The van der Waals surface area contributed by atoms with E-state index in [-0.39, 0.29) is 24.0 Å². The zero-order valence-corrected chi connectivity index (χ0v) is 20.5. The number of carbonyl (C=O) groups is 3. The van der Waals surface area contributed by atoms with Crippen molar-refractivity contribution < 1.29 is 33.6 Å². The number of aromatic nitrogens is 1. The molecule has 2 atom stereocenters. The molecular formula is C29H24N2O7. The van der Waals surface area contributed by atoms with Crippen LogP contribution in [0.1, 0.15) is 34.3 Å². The highest BCUT2D eigenvalue weighted by molar-refractivity contribution is 6.37. The largest absolute Gasteiger partial charge is 0.460 e. The Labute approximate surface area is 218 Å². The number of nitrogens with zero attached hydrogens (tertiary/aromatic N) is 2. The first kappa shape index (κ1) is 24.8. The number of benzene rings is 3. The van der Waals surface area contributed by atoms with Crippen LogP contribution in [0.2, 0.25) is 0 Å². The summed E-state index contributed by atoms with van der Waals surface area (Å²) in [5, 5.41) is 13.5.